The van der Waals surface area contributed by atoms with Gasteiger partial charge >= 0.3 is 0 Å². The third-order valence-electron chi connectivity index (χ3n) is 4.77. The number of carbonyl (C=O) groups is 1. The molecule has 0 aliphatic carbocycles. The van der Waals surface area contributed by atoms with Crippen molar-refractivity contribution in [3.63, 3.8) is 0 Å². The van der Waals surface area contributed by atoms with E-state index in [0.717, 1.165) is 48.8 Å². The molecule has 1 fully saturated rings. The first kappa shape index (κ1) is 18.3. The van der Waals surface area contributed by atoms with Crippen molar-refractivity contribution < 1.29 is 4.79 Å². The van der Waals surface area contributed by atoms with Crippen molar-refractivity contribution in [1.82, 2.24) is 15.3 Å². The van der Waals surface area contributed by atoms with E-state index < -0.39 is 0 Å². The van der Waals surface area contributed by atoms with Crippen LogP contribution >= 0.6 is 0 Å². The van der Waals surface area contributed by atoms with E-state index in [-0.39, 0.29) is 18.0 Å². The molecule has 3 N–H and O–H groups in total. The standard InChI is InChI=1S/C20H27N5O/c1-14-12-19(23-15(2)22-14)25-10-8-17(9-11-25)24-20(26)13-18(21)16-6-4-3-5-7-16/h3-7,12,17-18H,8-11,13,21H2,1-2H3,(H,24,26). The summed E-state index contributed by atoms with van der Waals surface area (Å²) in [6.07, 6.45) is 2.14. The topological polar surface area (TPSA) is 84.1 Å². The van der Waals surface area contributed by atoms with E-state index in [1.165, 1.54) is 0 Å². The maximum atomic E-state index is 12.3. The first-order chi connectivity index (χ1) is 12.5. The number of nitrogens with two attached hydrogens (primary N) is 1. The number of rotatable bonds is 5. The highest BCUT2D eigenvalue weighted by molar-refractivity contribution is 5.77. The van der Waals surface area contributed by atoms with Crippen LogP contribution in [0.1, 0.15) is 42.4 Å². The predicted molar refractivity (Wildman–Crippen MR) is 103 cm³/mol. The minimum atomic E-state index is -0.261. The number of aryl methyl sites for hydroxylation is 2. The van der Waals surface area contributed by atoms with E-state index in [1.54, 1.807) is 0 Å². The number of piperidine rings is 1. The maximum absolute atomic E-state index is 12.3. The molecule has 1 aromatic heterocycles. The molecule has 1 aliphatic rings. The molecule has 3 rings (SSSR count). The predicted octanol–water partition coefficient (Wildman–Crippen LogP) is 2.27. The van der Waals surface area contributed by atoms with Gasteiger partial charge in [-0.1, -0.05) is 30.3 Å². The van der Waals surface area contributed by atoms with Gasteiger partial charge in [0.15, 0.2) is 0 Å². The second kappa shape index (κ2) is 8.27. The number of anilines is 1. The Morgan fingerprint density at radius 3 is 2.58 bits per heavy atom. The molecule has 2 aromatic rings. The second-order valence-corrected chi connectivity index (χ2v) is 6.96. The van der Waals surface area contributed by atoms with Crippen LogP contribution in [0, 0.1) is 13.8 Å². The summed E-state index contributed by atoms with van der Waals surface area (Å²) in [5.41, 5.74) is 8.12. The maximum Gasteiger partial charge on any atom is 0.222 e. The summed E-state index contributed by atoms with van der Waals surface area (Å²) in [5.74, 6) is 1.80. The van der Waals surface area contributed by atoms with Gasteiger partial charge in [0.25, 0.3) is 0 Å². The largest absolute Gasteiger partial charge is 0.356 e. The molecule has 0 bridgehead atoms. The normalized spacial score (nSPS) is 16.3. The summed E-state index contributed by atoms with van der Waals surface area (Å²) in [6.45, 7) is 5.66. The highest BCUT2D eigenvalue weighted by Crippen LogP contribution is 2.19. The van der Waals surface area contributed by atoms with Crippen molar-refractivity contribution >= 4 is 11.7 Å². The van der Waals surface area contributed by atoms with Gasteiger partial charge < -0.3 is 16.0 Å². The van der Waals surface area contributed by atoms with Gasteiger partial charge in [0.1, 0.15) is 11.6 Å². The fourth-order valence-corrected chi connectivity index (χ4v) is 3.42. The smallest absolute Gasteiger partial charge is 0.222 e. The van der Waals surface area contributed by atoms with Gasteiger partial charge in [0.05, 0.1) is 0 Å². The van der Waals surface area contributed by atoms with Crippen LogP contribution in [-0.2, 0) is 4.79 Å². The third-order valence-corrected chi connectivity index (χ3v) is 4.77. The van der Waals surface area contributed by atoms with Crippen molar-refractivity contribution in [2.24, 2.45) is 5.73 Å². The number of nitrogens with one attached hydrogen (secondary N) is 1. The average molecular weight is 353 g/mol. The number of hydrogen-bond acceptors (Lipinski definition) is 5. The first-order valence-corrected chi connectivity index (χ1v) is 9.18. The monoisotopic (exact) mass is 353 g/mol. The van der Waals surface area contributed by atoms with Crippen LogP contribution < -0.4 is 16.0 Å². The molecule has 0 radical (unpaired) electrons. The lowest BCUT2D eigenvalue weighted by Crippen LogP contribution is -2.45. The summed E-state index contributed by atoms with van der Waals surface area (Å²) in [7, 11) is 0. The van der Waals surface area contributed by atoms with Crippen molar-refractivity contribution in [1.29, 1.82) is 0 Å². The molecule has 1 saturated heterocycles. The van der Waals surface area contributed by atoms with Crippen molar-refractivity contribution in [2.45, 2.75) is 45.2 Å². The zero-order valence-corrected chi connectivity index (χ0v) is 15.5. The number of hydrogen-bond donors (Lipinski definition) is 2. The lowest BCUT2D eigenvalue weighted by Gasteiger charge is -2.33. The highest BCUT2D eigenvalue weighted by atomic mass is 16.1. The molecule has 26 heavy (non-hydrogen) atoms. The molecule has 1 amide bonds. The molecule has 138 valence electrons. The van der Waals surface area contributed by atoms with E-state index >= 15 is 0 Å². The summed E-state index contributed by atoms with van der Waals surface area (Å²) < 4.78 is 0. The number of amides is 1. The van der Waals surface area contributed by atoms with Gasteiger partial charge in [-0.05, 0) is 32.3 Å². The molecule has 1 atom stereocenters. The van der Waals surface area contributed by atoms with Gasteiger partial charge in [-0.3, -0.25) is 4.79 Å². The molecule has 6 nitrogen and oxygen atoms in total. The summed E-state index contributed by atoms with van der Waals surface area (Å²) in [5, 5.41) is 3.14. The Morgan fingerprint density at radius 2 is 1.92 bits per heavy atom. The van der Waals surface area contributed by atoms with Crippen molar-refractivity contribution in [2.75, 3.05) is 18.0 Å². The van der Waals surface area contributed by atoms with Crippen LogP contribution in [0.3, 0.4) is 0 Å². The van der Waals surface area contributed by atoms with Gasteiger partial charge in [0.2, 0.25) is 5.91 Å². The summed E-state index contributed by atoms with van der Waals surface area (Å²) >= 11 is 0. The zero-order chi connectivity index (χ0) is 18.5. The minimum absolute atomic E-state index is 0.0218. The zero-order valence-electron chi connectivity index (χ0n) is 15.5. The van der Waals surface area contributed by atoms with Crippen LogP contribution in [0.4, 0.5) is 5.82 Å². The quantitative estimate of drug-likeness (QED) is 0.861. The molecule has 1 aromatic carbocycles. The molecular formula is C20H27N5O. The van der Waals surface area contributed by atoms with Crippen LogP contribution in [-0.4, -0.2) is 35.0 Å². The molecular weight excluding hydrogens is 326 g/mol. The minimum Gasteiger partial charge on any atom is -0.356 e. The Kier molecular flexibility index (Phi) is 5.83. The SMILES string of the molecule is Cc1cc(N2CCC(NC(=O)CC(N)c3ccccc3)CC2)nc(C)n1. The van der Waals surface area contributed by atoms with Crippen LogP contribution in [0.2, 0.25) is 0 Å². The van der Waals surface area contributed by atoms with Gasteiger partial charge in [0, 0.05) is 43.4 Å². The lowest BCUT2D eigenvalue weighted by molar-refractivity contribution is -0.122. The van der Waals surface area contributed by atoms with Gasteiger partial charge in [-0.2, -0.15) is 0 Å². The molecule has 1 aliphatic heterocycles. The van der Waals surface area contributed by atoms with Crippen LogP contribution in [0.15, 0.2) is 36.4 Å². The Labute approximate surface area is 154 Å². The molecule has 0 saturated carbocycles. The average Bonchev–Trinajstić information content (AvgIpc) is 2.62. The van der Waals surface area contributed by atoms with Gasteiger partial charge in [-0.25, -0.2) is 9.97 Å². The molecule has 1 unspecified atom stereocenters. The first-order valence-electron chi connectivity index (χ1n) is 9.18. The Bertz CT molecular complexity index is 721. The van der Waals surface area contributed by atoms with E-state index in [4.69, 9.17) is 5.73 Å². The molecule has 6 heteroatoms. The molecule has 0 spiro atoms. The van der Waals surface area contributed by atoms with E-state index in [0.29, 0.717) is 6.42 Å². The fourth-order valence-electron chi connectivity index (χ4n) is 3.42. The summed E-state index contributed by atoms with van der Waals surface area (Å²) in [4.78, 5) is 23.4. The number of carbonyl (C=O) groups excluding carboxylic acids is 1. The van der Waals surface area contributed by atoms with Crippen molar-refractivity contribution in [3.8, 4) is 0 Å². The number of nitrogens with zero attached hydrogens (tertiary/aromatic N) is 3. The van der Waals surface area contributed by atoms with Gasteiger partial charge in [-0.15, -0.1) is 0 Å². The Hall–Kier alpha value is -2.47. The van der Waals surface area contributed by atoms with E-state index in [1.807, 2.05) is 50.2 Å². The van der Waals surface area contributed by atoms with Crippen LogP contribution in [0.5, 0.6) is 0 Å². The Morgan fingerprint density at radius 1 is 1.23 bits per heavy atom. The van der Waals surface area contributed by atoms with E-state index in [9.17, 15) is 4.79 Å². The third kappa shape index (κ3) is 4.79. The number of benzene rings is 1. The lowest BCUT2D eigenvalue weighted by atomic mass is 10.0. The molecule has 2 heterocycles. The van der Waals surface area contributed by atoms with Crippen molar-refractivity contribution in [3.05, 3.63) is 53.5 Å². The highest BCUT2D eigenvalue weighted by Gasteiger charge is 2.22. The second-order valence-electron chi connectivity index (χ2n) is 6.96. The fraction of sp³-hybridized carbons (Fsp3) is 0.450. The van der Waals surface area contributed by atoms with E-state index in [2.05, 4.69) is 20.2 Å². The Balaban J connectivity index is 1.48. The number of aromatic nitrogens is 2. The summed E-state index contributed by atoms with van der Waals surface area (Å²) in [6, 6.07) is 11.7. The van der Waals surface area contributed by atoms with Crippen LogP contribution in [0.25, 0.3) is 0 Å².